The summed E-state index contributed by atoms with van der Waals surface area (Å²) in [6.45, 7) is 13.7. The number of rotatable bonds is 2. The van der Waals surface area contributed by atoms with Crippen molar-refractivity contribution in [3.05, 3.63) is 149 Å². The normalized spacial score (nSPS) is 12.0. The molecule has 0 radical (unpaired) electrons. The summed E-state index contributed by atoms with van der Waals surface area (Å²) in [4.78, 5) is 0. The SMILES string of the molecule is CC(C)(C)c1ccc2[cH-]c3ccc(C(C)(C)C)cc3c2c1.Clc1cccc([C](=[Zr+2])c2ccccc2)c1.[C-]1=CC=CC1.[Cl-].[Cl-]. The Kier molecular flexibility index (Phi) is 14.0. The molecule has 0 saturated heterocycles. The monoisotopic (exact) mass is 702 g/mol. The van der Waals surface area contributed by atoms with Gasteiger partial charge in [-0.2, -0.15) is 6.08 Å². The van der Waals surface area contributed by atoms with Gasteiger partial charge in [-0.1, -0.05) is 76.9 Å². The van der Waals surface area contributed by atoms with E-state index in [1.807, 2.05) is 36.4 Å². The van der Waals surface area contributed by atoms with E-state index < -0.39 is 0 Å². The largest absolute Gasteiger partial charge is 1.00 e. The van der Waals surface area contributed by atoms with Crippen LogP contribution < -0.4 is 24.8 Å². The van der Waals surface area contributed by atoms with Crippen LogP contribution in [0.25, 0.3) is 21.5 Å². The Morgan fingerprint density at radius 1 is 0.698 bits per heavy atom. The first-order chi connectivity index (χ1) is 19.4. The Hall–Kier alpha value is -2.15. The maximum Gasteiger partial charge on any atom is -0.109 e. The molecule has 1 aliphatic rings. The molecule has 1 aliphatic carbocycles. The molecule has 0 bridgehead atoms. The predicted molar refractivity (Wildman–Crippen MR) is 177 cm³/mol. The van der Waals surface area contributed by atoms with Crippen molar-refractivity contribution >= 4 is 36.4 Å². The average Bonchev–Trinajstić information content (AvgIpc) is 3.64. The van der Waals surface area contributed by atoms with E-state index in [2.05, 4.69) is 126 Å². The van der Waals surface area contributed by atoms with Crippen LogP contribution in [0.3, 0.4) is 0 Å². The fourth-order valence-electron chi connectivity index (χ4n) is 4.69. The minimum atomic E-state index is 0. The molecule has 4 heteroatoms. The van der Waals surface area contributed by atoms with Gasteiger partial charge in [0, 0.05) is 0 Å². The van der Waals surface area contributed by atoms with Crippen molar-refractivity contribution in [3.8, 4) is 0 Å². The molecule has 5 aromatic carbocycles. The smallest absolute Gasteiger partial charge is 0.109 e. The molecular weight excluding hydrogens is 666 g/mol. The summed E-state index contributed by atoms with van der Waals surface area (Å²) in [6.07, 6.45) is 10.0. The van der Waals surface area contributed by atoms with Crippen molar-refractivity contribution in [2.24, 2.45) is 0 Å². The van der Waals surface area contributed by atoms with Crippen molar-refractivity contribution in [2.45, 2.75) is 58.8 Å². The second-order valence-corrected chi connectivity index (χ2v) is 14.2. The van der Waals surface area contributed by atoms with Gasteiger partial charge in [-0.15, -0.1) is 46.2 Å². The standard InChI is InChI=1S/C21H25.C13H9Cl.C5H5.2ClH.Zr/c1-20(2,3)16-9-7-14-11-15-8-10-17(21(4,5)6)13-19(15)18(14)12-16;14-13-8-4-7-12(10-13)9-11-5-2-1-3-6-11;1-2-4-5-3-1;;;/h7-13H,1-6H3;1-8,10H;1-3H,4H2;2*1H;/q-1;;-1;;;+2/p-2. The number of allylic oxidation sites excluding steroid dienone is 4. The van der Waals surface area contributed by atoms with E-state index in [1.165, 1.54) is 71.2 Å². The van der Waals surface area contributed by atoms with Crippen molar-refractivity contribution in [2.75, 3.05) is 0 Å². The number of halogens is 3. The van der Waals surface area contributed by atoms with Gasteiger partial charge in [-0.3, -0.25) is 6.08 Å². The second-order valence-electron chi connectivity index (χ2n) is 12.5. The first kappa shape index (κ1) is 37.0. The van der Waals surface area contributed by atoms with Gasteiger partial charge in [0.1, 0.15) is 0 Å². The molecule has 0 spiro atoms. The van der Waals surface area contributed by atoms with E-state index in [-0.39, 0.29) is 35.6 Å². The summed E-state index contributed by atoms with van der Waals surface area (Å²) < 4.78 is 1.34. The predicted octanol–water partition coefficient (Wildman–Crippen LogP) is 5.08. The van der Waals surface area contributed by atoms with Crippen molar-refractivity contribution < 1.29 is 49.0 Å². The fourth-order valence-corrected chi connectivity index (χ4v) is 5.67. The average molecular weight is 705 g/mol. The number of fused-ring (bicyclic) bond motifs is 3. The third kappa shape index (κ3) is 10.2. The van der Waals surface area contributed by atoms with Crippen molar-refractivity contribution in [3.63, 3.8) is 0 Å². The van der Waals surface area contributed by atoms with Gasteiger partial charge in [-0.05, 0) is 10.8 Å². The maximum absolute atomic E-state index is 5.97. The topological polar surface area (TPSA) is 0 Å². The van der Waals surface area contributed by atoms with Crippen molar-refractivity contribution in [1.82, 2.24) is 0 Å². The summed E-state index contributed by atoms with van der Waals surface area (Å²) >= 11 is 7.38. The maximum atomic E-state index is 5.97. The molecule has 0 N–H and O–H groups in total. The molecule has 0 unspecified atom stereocenters. The molecule has 0 atom stereocenters. The van der Waals surface area contributed by atoms with Crippen LogP contribution in [0.4, 0.5) is 0 Å². The van der Waals surface area contributed by atoms with Gasteiger partial charge in [0.2, 0.25) is 0 Å². The van der Waals surface area contributed by atoms with Crippen LogP contribution in [0.2, 0.25) is 5.02 Å². The zero-order chi connectivity index (χ0) is 29.6. The molecule has 0 aliphatic heterocycles. The van der Waals surface area contributed by atoms with Crippen LogP contribution in [0.1, 0.15) is 70.2 Å². The fraction of sp³-hybridized carbons (Fsp3) is 0.231. The summed E-state index contributed by atoms with van der Waals surface area (Å²) in [7, 11) is 0. The molecule has 0 saturated carbocycles. The van der Waals surface area contributed by atoms with E-state index in [0.717, 1.165) is 11.4 Å². The van der Waals surface area contributed by atoms with Crippen LogP contribution in [0.15, 0.2) is 115 Å². The van der Waals surface area contributed by atoms with Crippen LogP contribution in [-0.4, -0.2) is 3.21 Å². The summed E-state index contributed by atoms with van der Waals surface area (Å²) in [6, 6.07) is 34.6. The molecule has 43 heavy (non-hydrogen) atoms. The van der Waals surface area contributed by atoms with E-state index in [9.17, 15) is 0 Å². The Labute approximate surface area is 290 Å². The minimum absolute atomic E-state index is 0. The number of hydrogen-bond acceptors (Lipinski definition) is 0. The molecule has 222 valence electrons. The van der Waals surface area contributed by atoms with Crippen LogP contribution in [0.5, 0.6) is 0 Å². The Balaban J connectivity index is 0.000000256. The third-order valence-electron chi connectivity index (χ3n) is 7.20. The first-order valence-corrected chi connectivity index (χ1v) is 15.8. The Morgan fingerprint density at radius 3 is 1.65 bits per heavy atom. The molecule has 0 aromatic heterocycles. The number of hydrogen-bond donors (Lipinski definition) is 0. The Bertz CT molecular complexity index is 1620. The molecule has 0 heterocycles. The molecule has 0 nitrogen and oxygen atoms in total. The zero-order valence-corrected chi connectivity index (χ0v) is 30.5. The zero-order valence-electron chi connectivity index (χ0n) is 25.8. The second kappa shape index (κ2) is 16.2. The summed E-state index contributed by atoms with van der Waals surface area (Å²) in [5.74, 6) is 0. The number of benzene rings is 4. The van der Waals surface area contributed by atoms with Gasteiger partial charge in [0.25, 0.3) is 0 Å². The van der Waals surface area contributed by atoms with Gasteiger partial charge in [-0.25, -0.2) is 12.2 Å². The molecule has 0 fully saturated rings. The third-order valence-corrected chi connectivity index (χ3v) is 8.86. The van der Waals surface area contributed by atoms with Crippen LogP contribution in [-0.2, 0) is 35.1 Å². The quantitative estimate of drug-likeness (QED) is 0.225. The first-order valence-electron chi connectivity index (χ1n) is 14.2. The van der Waals surface area contributed by atoms with Crippen molar-refractivity contribution in [1.29, 1.82) is 0 Å². The molecular formula is C39H39Cl3Zr-2. The van der Waals surface area contributed by atoms with Crippen LogP contribution in [0, 0.1) is 6.08 Å². The minimum Gasteiger partial charge on any atom is -1.00 e. The van der Waals surface area contributed by atoms with Gasteiger partial charge >= 0.3 is 110 Å². The van der Waals surface area contributed by atoms with E-state index in [0.29, 0.717) is 0 Å². The van der Waals surface area contributed by atoms with Gasteiger partial charge in [0.15, 0.2) is 0 Å². The molecule has 5 aromatic rings. The van der Waals surface area contributed by atoms with Gasteiger partial charge in [0.05, 0.1) is 0 Å². The molecule has 6 rings (SSSR count). The Morgan fingerprint density at radius 2 is 1.23 bits per heavy atom. The van der Waals surface area contributed by atoms with E-state index >= 15 is 0 Å². The van der Waals surface area contributed by atoms with E-state index in [1.54, 1.807) is 0 Å². The summed E-state index contributed by atoms with van der Waals surface area (Å²) in [5, 5.41) is 6.28. The molecule has 0 amide bonds. The van der Waals surface area contributed by atoms with Crippen LogP contribution >= 0.6 is 11.6 Å². The summed E-state index contributed by atoms with van der Waals surface area (Å²) in [5.41, 5.74) is 5.69. The van der Waals surface area contributed by atoms with Gasteiger partial charge < -0.3 is 24.8 Å². The van der Waals surface area contributed by atoms with E-state index in [4.69, 9.17) is 11.6 Å².